The van der Waals surface area contributed by atoms with Gasteiger partial charge in [-0.25, -0.2) is 9.31 Å². The molecule has 0 amide bonds. The number of aryl methyl sites for hydroxylation is 1. The molecule has 1 fully saturated rings. The predicted molar refractivity (Wildman–Crippen MR) is 116 cm³/mol. The van der Waals surface area contributed by atoms with Crippen molar-refractivity contribution in [1.29, 1.82) is 0 Å². The molecule has 148 valence electrons. The Hall–Kier alpha value is -3.12. The zero-order chi connectivity index (χ0) is 20.1. The lowest BCUT2D eigenvalue weighted by molar-refractivity contribution is 0.407. The molecule has 0 unspecified atom stereocenters. The summed E-state index contributed by atoms with van der Waals surface area (Å²) in [4.78, 5) is 15.1. The molecule has 1 N–H and O–H groups in total. The average molecular weight is 388 g/mol. The molecule has 1 aromatic carbocycles. The molecule has 0 bridgehead atoms. The van der Waals surface area contributed by atoms with E-state index < -0.39 is 0 Å². The van der Waals surface area contributed by atoms with Crippen molar-refractivity contribution < 1.29 is 4.42 Å². The summed E-state index contributed by atoms with van der Waals surface area (Å²) in [5.74, 6) is 0. The second-order valence-corrected chi connectivity index (χ2v) is 8.12. The largest absolute Gasteiger partial charge is 0.422 e. The van der Waals surface area contributed by atoms with E-state index in [2.05, 4.69) is 35.2 Å². The van der Waals surface area contributed by atoms with Crippen LogP contribution in [0.3, 0.4) is 0 Å². The van der Waals surface area contributed by atoms with Crippen molar-refractivity contribution in [3.8, 4) is 11.1 Å². The Morgan fingerprint density at radius 2 is 1.86 bits per heavy atom. The van der Waals surface area contributed by atoms with Crippen molar-refractivity contribution in [1.82, 2.24) is 14.9 Å². The number of benzene rings is 1. The monoisotopic (exact) mass is 388 g/mol. The molecule has 3 aromatic heterocycles. The second kappa shape index (κ2) is 6.74. The quantitative estimate of drug-likeness (QED) is 0.532. The molecule has 6 heteroatoms. The highest BCUT2D eigenvalue weighted by molar-refractivity contribution is 5.85. The van der Waals surface area contributed by atoms with Crippen LogP contribution >= 0.6 is 0 Å². The van der Waals surface area contributed by atoms with Gasteiger partial charge in [0, 0.05) is 54.1 Å². The fourth-order valence-electron chi connectivity index (χ4n) is 4.27. The van der Waals surface area contributed by atoms with Gasteiger partial charge in [-0.05, 0) is 57.2 Å². The Labute approximate surface area is 168 Å². The SMILES string of the molecule is Cc1ccc2cc(-c3cc4ccc(N5C[C@@H](C)N[C@@H](C)C5)cc4oc3=O)cn2n1. The van der Waals surface area contributed by atoms with Crippen molar-refractivity contribution in [3.05, 3.63) is 64.8 Å². The summed E-state index contributed by atoms with van der Waals surface area (Å²) < 4.78 is 7.52. The fraction of sp³-hybridized carbons (Fsp3) is 0.304. The van der Waals surface area contributed by atoms with Gasteiger partial charge in [-0.3, -0.25) is 0 Å². The third kappa shape index (κ3) is 3.29. The van der Waals surface area contributed by atoms with E-state index in [-0.39, 0.29) is 5.63 Å². The Morgan fingerprint density at radius 1 is 1.07 bits per heavy atom. The normalized spacial score (nSPS) is 19.9. The lowest BCUT2D eigenvalue weighted by Crippen LogP contribution is -2.54. The number of hydrogen-bond donors (Lipinski definition) is 1. The van der Waals surface area contributed by atoms with Crippen molar-refractivity contribution in [2.24, 2.45) is 0 Å². The summed E-state index contributed by atoms with van der Waals surface area (Å²) in [5, 5.41) is 8.92. The van der Waals surface area contributed by atoms with Crippen LogP contribution in [0.2, 0.25) is 0 Å². The van der Waals surface area contributed by atoms with Crippen molar-refractivity contribution in [2.75, 3.05) is 18.0 Å². The van der Waals surface area contributed by atoms with E-state index in [0.29, 0.717) is 23.2 Å². The number of rotatable bonds is 2. The molecule has 29 heavy (non-hydrogen) atoms. The first-order valence-electron chi connectivity index (χ1n) is 10.0. The zero-order valence-corrected chi connectivity index (χ0v) is 16.8. The van der Waals surface area contributed by atoms with Gasteiger partial charge in [0.15, 0.2) is 0 Å². The minimum Gasteiger partial charge on any atom is -0.422 e. The van der Waals surface area contributed by atoms with Crippen LogP contribution in [0.1, 0.15) is 19.5 Å². The van der Waals surface area contributed by atoms with E-state index in [4.69, 9.17) is 4.42 Å². The van der Waals surface area contributed by atoms with E-state index >= 15 is 0 Å². The lowest BCUT2D eigenvalue weighted by Gasteiger charge is -2.37. The zero-order valence-electron chi connectivity index (χ0n) is 16.8. The van der Waals surface area contributed by atoms with Gasteiger partial charge in [0.1, 0.15) is 5.58 Å². The topological polar surface area (TPSA) is 62.8 Å². The number of fused-ring (bicyclic) bond motifs is 2. The van der Waals surface area contributed by atoms with E-state index in [0.717, 1.165) is 40.9 Å². The molecule has 0 spiro atoms. The Morgan fingerprint density at radius 3 is 2.66 bits per heavy atom. The van der Waals surface area contributed by atoms with Crippen LogP contribution in [0.25, 0.3) is 27.6 Å². The molecule has 5 rings (SSSR count). The Kier molecular flexibility index (Phi) is 4.17. The molecule has 4 heterocycles. The van der Waals surface area contributed by atoms with Gasteiger partial charge in [-0.15, -0.1) is 0 Å². The van der Waals surface area contributed by atoms with E-state index in [1.54, 1.807) is 4.52 Å². The maximum Gasteiger partial charge on any atom is 0.344 e. The molecule has 1 saturated heterocycles. The van der Waals surface area contributed by atoms with Crippen LogP contribution in [0.4, 0.5) is 5.69 Å². The summed E-state index contributed by atoms with van der Waals surface area (Å²) in [6.45, 7) is 8.19. The summed E-state index contributed by atoms with van der Waals surface area (Å²) in [7, 11) is 0. The smallest absolute Gasteiger partial charge is 0.344 e. The number of nitrogens with one attached hydrogen (secondary N) is 1. The van der Waals surface area contributed by atoms with Gasteiger partial charge in [0.25, 0.3) is 0 Å². The van der Waals surface area contributed by atoms with Gasteiger partial charge < -0.3 is 14.6 Å². The molecule has 1 aliphatic rings. The molecule has 2 atom stereocenters. The van der Waals surface area contributed by atoms with Crippen LogP contribution in [-0.4, -0.2) is 34.8 Å². The van der Waals surface area contributed by atoms with Gasteiger partial charge in [-0.1, -0.05) is 0 Å². The third-order valence-corrected chi connectivity index (χ3v) is 5.54. The minimum atomic E-state index is -0.329. The highest BCUT2D eigenvalue weighted by Gasteiger charge is 2.21. The van der Waals surface area contributed by atoms with Gasteiger partial charge in [0.05, 0.1) is 16.8 Å². The third-order valence-electron chi connectivity index (χ3n) is 5.54. The molecule has 4 aromatic rings. The number of anilines is 1. The second-order valence-electron chi connectivity index (χ2n) is 8.12. The average Bonchev–Trinajstić information content (AvgIpc) is 3.09. The van der Waals surface area contributed by atoms with Gasteiger partial charge >= 0.3 is 5.63 Å². The number of nitrogens with zero attached hydrogens (tertiary/aromatic N) is 3. The van der Waals surface area contributed by atoms with Gasteiger partial charge in [-0.2, -0.15) is 5.10 Å². The molecular formula is C23H24N4O2. The van der Waals surface area contributed by atoms with Crippen LogP contribution in [-0.2, 0) is 0 Å². The van der Waals surface area contributed by atoms with Crippen LogP contribution in [0.5, 0.6) is 0 Å². The van der Waals surface area contributed by atoms with Crippen molar-refractivity contribution in [2.45, 2.75) is 32.9 Å². The van der Waals surface area contributed by atoms with Crippen molar-refractivity contribution in [3.63, 3.8) is 0 Å². The van der Waals surface area contributed by atoms with Crippen molar-refractivity contribution >= 4 is 22.2 Å². The van der Waals surface area contributed by atoms with E-state index in [9.17, 15) is 4.79 Å². The predicted octanol–water partition coefficient (Wildman–Crippen LogP) is 3.60. The maximum atomic E-state index is 12.7. The fourth-order valence-corrected chi connectivity index (χ4v) is 4.27. The Balaban J connectivity index is 1.55. The first kappa shape index (κ1) is 17.9. The Bertz CT molecular complexity index is 1260. The van der Waals surface area contributed by atoms with Crippen LogP contribution < -0.4 is 15.8 Å². The molecule has 6 nitrogen and oxygen atoms in total. The van der Waals surface area contributed by atoms with E-state index in [1.165, 1.54) is 0 Å². The standard InChI is InChI=1S/C23H24N4O2/c1-14-4-6-20-8-18(13-27(20)25-14)21-9-17-5-7-19(10-22(17)29-23(21)28)26-11-15(2)24-16(3)12-26/h4-10,13,15-16,24H,11-12H2,1-3H3/t15-,16+. The molecule has 1 aliphatic heterocycles. The number of piperazine rings is 1. The van der Waals surface area contributed by atoms with Crippen LogP contribution in [0.15, 0.2) is 57.9 Å². The first-order valence-corrected chi connectivity index (χ1v) is 10.0. The molecule has 0 aliphatic carbocycles. The van der Waals surface area contributed by atoms with Gasteiger partial charge in [0.2, 0.25) is 0 Å². The first-order chi connectivity index (χ1) is 14.0. The molecule has 0 radical (unpaired) electrons. The van der Waals surface area contributed by atoms with Crippen LogP contribution in [0, 0.1) is 6.92 Å². The summed E-state index contributed by atoms with van der Waals surface area (Å²) in [5.41, 5.74) is 4.61. The maximum absolute atomic E-state index is 12.7. The minimum absolute atomic E-state index is 0.329. The number of aromatic nitrogens is 2. The highest BCUT2D eigenvalue weighted by Crippen LogP contribution is 2.27. The highest BCUT2D eigenvalue weighted by atomic mass is 16.4. The summed E-state index contributed by atoms with van der Waals surface area (Å²) in [6.07, 6.45) is 1.87. The molecular weight excluding hydrogens is 364 g/mol. The number of hydrogen-bond acceptors (Lipinski definition) is 5. The summed E-state index contributed by atoms with van der Waals surface area (Å²) in [6, 6.07) is 14.8. The summed E-state index contributed by atoms with van der Waals surface area (Å²) >= 11 is 0. The van der Waals surface area contributed by atoms with E-state index in [1.807, 2.05) is 49.5 Å². The lowest BCUT2D eigenvalue weighted by atomic mass is 10.1. The molecule has 0 saturated carbocycles.